The van der Waals surface area contributed by atoms with E-state index in [-0.39, 0.29) is 11.2 Å². The fourth-order valence-corrected chi connectivity index (χ4v) is 4.92. The van der Waals surface area contributed by atoms with Crippen LogP contribution in [0.5, 0.6) is 0 Å². The summed E-state index contributed by atoms with van der Waals surface area (Å²) in [4.78, 5) is 30.4. The molecule has 2 heterocycles. The first-order valence-electron chi connectivity index (χ1n) is 10.8. The van der Waals surface area contributed by atoms with Gasteiger partial charge in [0.25, 0.3) is 5.56 Å². The fourth-order valence-electron chi connectivity index (χ4n) is 3.92. The molecule has 0 saturated heterocycles. The Balaban J connectivity index is 1.63. The van der Waals surface area contributed by atoms with E-state index in [2.05, 4.69) is 6.92 Å². The molecule has 0 saturated carbocycles. The van der Waals surface area contributed by atoms with E-state index in [0.29, 0.717) is 27.4 Å². The highest BCUT2D eigenvalue weighted by Gasteiger charge is 2.15. The second-order valence-corrected chi connectivity index (χ2v) is 8.89. The van der Waals surface area contributed by atoms with Gasteiger partial charge in [0.05, 0.1) is 16.6 Å². The molecule has 5 rings (SSSR count). The summed E-state index contributed by atoms with van der Waals surface area (Å²) >= 11 is 1.43. The smallest absolute Gasteiger partial charge is 0.336 e. The molecule has 2 aromatic heterocycles. The predicted octanol–water partition coefficient (Wildman–Crippen LogP) is 5.66. The monoisotopic (exact) mass is 454 g/mol. The Morgan fingerprint density at radius 2 is 1.73 bits per heavy atom. The van der Waals surface area contributed by atoms with E-state index in [1.807, 2.05) is 67.6 Å². The van der Waals surface area contributed by atoms with Crippen LogP contribution in [0.2, 0.25) is 0 Å². The van der Waals surface area contributed by atoms with Gasteiger partial charge in [-0.2, -0.15) is 0 Å². The van der Waals surface area contributed by atoms with Crippen molar-refractivity contribution in [2.24, 2.45) is 0 Å². The Morgan fingerprint density at radius 3 is 2.52 bits per heavy atom. The van der Waals surface area contributed by atoms with Crippen LogP contribution < -0.4 is 11.2 Å². The van der Waals surface area contributed by atoms with E-state index < -0.39 is 0 Å². The molecule has 0 atom stereocenters. The van der Waals surface area contributed by atoms with Crippen molar-refractivity contribution in [3.05, 3.63) is 110 Å². The van der Waals surface area contributed by atoms with Gasteiger partial charge in [0.2, 0.25) is 0 Å². The highest BCUT2D eigenvalue weighted by atomic mass is 32.2. The minimum atomic E-state index is -0.386. The summed E-state index contributed by atoms with van der Waals surface area (Å²) in [6.07, 6.45) is 0.926. The molecule has 0 aliphatic rings. The SMILES string of the molecule is CCc1ccc(-n2c(SCc3cc(=O)oc4cc(C)ccc34)nc3ccccc3c2=O)cc1. The number of hydrogen-bond donors (Lipinski definition) is 0. The molecule has 0 unspecified atom stereocenters. The number of hydrogen-bond acceptors (Lipinski definition) is 5. The van der Waals surface area contributed by atoms with Gasteiger partial charge in [-0.15, -0.1) is 0 Å². The Morgan fingerprint density at radius 1 is 0.939 bits per heavy atom. The van der Waals surface area contributed by atoms with Crippen LogP contribution in [0, 0.1) is 6.92 Å². The van der Waals surface area contributed by atoms with Gasteiger partial charge in [-0.3, -0.25) is 9.36 Å². The van der Waals surface area contributed by atoms with Gasteiger partial charge in [0, 0.05) is 17.2 Å². The van der Waals surface area contributed by atoms with Crippen molar-refractivity contribution in [3.8, 4) is 5.69 Å². The summed E-state index contributed by atoms with van der Waals surface area (Å²) in [5.41, 5.74) is 4.57. The fraction of sp³-hybridized carbons (Fsp3) is 0.148. The van der Waals surface area contributed by atoms with Crippen LogP contribution in [0.25, 0.3) is 27.6 Å². The second kappa shape index (κ2) is 8.71. The van der Waals surface area contributed by atoms with Crippen LogP contribution in [0.1, 0.15) is 23.6 Å². The number of aryl methyl sites for hydroxylation is 2. The van der Waals surface area contributed by atoms with E-state index in [4.69, 9.17) is 9.40 Å². The number of benzene rings is 3. The quantitative estimate of drug-likeness (QED) is 0.195. The summed E-state index contributed by atoms with van der Waals surface area (Å²) in [6, 6.07) is 22.7. The standard InChI is InChI=1S/C27H22N2O3S/c1-3-18-9-11-20(12-10-18)29-26(31)22-6-4-5-7-23(22)28-27(29)33-16-19-15-25(30)32-24-14-17(2)8-13-21(19)24/h4-15H,3,16H2,1-2H3. The van der Waals surface area contributed by atoms with Gasteiger partial charge in [-0.05, 0) is 60.4 Å². The number of aromatic nitrogens is 2. The Kier molecular flexibility index (Phi) is 5.60. The third-order valence-electron chi connectivity index (χ3n) is 5.69. The zero-order valence-corrected chi connectivity index (χ0v) is 19.2. The number of fused-ring (bicyclic) bond motifs is 2. The van der Waals surface area contributed by atoms with Gasteiger partial charge in [-0.1, -0.05) is 55.1 Å². The lowest BCUT2D eigenvalue weighted by atomic mass is 10.1. The van der Waals surface area contributed by atoms with Crippen molar-refractivity contribution >= 4 is 33.6 Å². The third-order valence-corrected chi connectivity index (χ3v) is 6.68. The van der Waals surface area contributed by atoms with Crippen LogP contribution in [0.4, 0.5) is 0 Å². The molecule has 0 bridgehead atoms. The van der Waals surface area contributed by atoms with Gasteiger partial charge in [0.1, 0.15) is 5.58 Å². The molecule has 5 aromatic rings. The molecule has 0 aliphatic carbocycles. The van der Waals surface area contributed by atoms with Crippen LogP contribution >= 0.6 is 11.8 Å². The summed E-state index contributed by atoms with van der Waals surface area (Å²) < 4.78 is 7.05. The van der Waals surface area contributed by atoms with Gasteiger partial charge >= 0.3 is 5.63 Å². The zero-order valence-electron chi connectivity index (χ0n) is 18.4. The number of nitrogens with zero attached hydrogens (tertiary/aromatic N) is 2. The first-order chi connectivity index (χ1) is 16.0. The minimum Gasteiger partial charge on any atom is -0.423 e. The van der Waals surface area contributed by atoms with E-state index in [9.17, 15) is 9.59 Å². The van der Waals surface area contributed by atoms with Crippen LogP contribution in [-0.2, 0) is 12.2 Å². The van der Waals surface area contributed by atoms with Crippen molar-refractivity contribution in [1.29, 1.82) is 0 Å². The second-order valence-electron chi connectivity index (χ2n) is 7.95. The predicted molar refractivity (Wildman–Crippen MR) is 133 cm³/mol. The number of thioether (sulfide) groups is 1. The number of para-hydroxylation sites is 1. The van der Waals surface area contributed by atoms with Gasteiger partial charge in [0.15, 0.2) is 5.16 Å². The van der Waals surface area contributed by atoms with E-state index in [1.165, 1.54) is 23.4 Å². The maximum absolute atomic E-state index is 13.5. The molecule has 0 amide bonds. The Labute approximate surface area is 194 Å². The maximum atomic E-state index is 13.5. The van der Waals surface area contributed by atoms with E-state index >= 15 is 0 Å². The lowest BCUT2D eigenvalue weighted by Crippen LogP contribution is -2.21. The molecule has 33 heavy (non-hydrogen) atoms. The molecule has 0 fully saturated rings. The highest BCUT2D eigenvalue weighted by molar-refractivity contribution is 7.98. The number of rotatable bonds is 5. The molecular formula is C27H22N2O3S. The minimum absolute atomic E-state index is 0.111. The summed E-state index contributed by atoms with van der Waals surface area (Å²) in [5, 5.41) is 2.04. The zero-order chi connectivity index (χ0) is 22.9. The molecule has 5 nitrogen and oxygen atoms in total. The van der Waals surface area contributed by atoms with Crippen molar-refractivity contribution < 1.29 is 4.42 Å². The largest absolute Gasteiger partial charge is 0.423 e. The summed E-state index contributed by atoms with van der Waals surface area (Å²) in [5.74, 6) is 0.475. The topological polar surface area (TPSA) is 65.1 Å². The Bertz CT molecular complexity index is 1600. The first kappa shape index (κ1) is 21.2. The molecule has 0 spiro atoms. The van der Waals surface area contributed by atoms with Gasteiger partial charge < -0.3 is 4.42 Å². The maximum Gasteiger partial charge on any atom is 0.336 e. The summed E-state index contributed by atoms with van der Waals surface area (Å²) in [6.45, 7) is 4.06. The Hall–Kier alpha value is -3.64. The van der Waals surface area contributed by atoms with Crippen LogP contribution in [0.3, 0.4) is 0 Å². The highest BCUT2D eigenvalue weighted by Crippen LogP contribution is 2.28. The lowest BCUT2D eigenvalue weighted by molar-refractivity contribution is 0.559. The van der Waals surface area contributed by atoms with Crippen molar-refractivity contribution in [3.63, 3.8) is 0 Å². The average molecular weight is 455 g/mol. The van der Waals surface area contributed by atoms with E-state index in [0.717, 1.165) is 28.6 Å². The van der Waals surface area contributed by atoms with Crippen LogP contribution in [-0.4, -0.2) is 9.55 Å². The van der Waals surface area contributed by atoms with Crippen LogP contribution in [0.15, 0.2) is 92.0 Å². The third kappa shape index (κ3) is 4.10. The normalized spacial score (nSPS) is 11.3. The molecule has 0 N–H and O–H groups in total. The molecule has 3 aromatic carbocycles. The molecule has 164 valence electrons. The summed E-state index contributed by atoms with van der Waals surface area (Å²) in [7, 11) is 0. The van der Waals surface area contributed by atoms with Crippen molar-refractivity contribution in [2.45, 2.75) is 31.2 Å². The average Bonchev–Trinajstić information content (AvgIpc) is 2.82. The molecule has 6 heteroatoms. The lowest BCUT2D eigenvalue weighted by Gasteiger charge is -2.14. The molecular weight excluding hydrogens is 432 g/mol. The van der Waals surface area contributed by atoms with E-state index in [1.54, 1.807) is 10.6 Å². The molecule has 0 aliphatic heterocycles. The first-order valence-corrected chi connectivity index (χ1v) is 11.8. The van der Waals surface area contributed by atoms with Crippen molar-refractivity contribution in [2.75, 3.05) is 0 Å². The van der Waals surface area contributed by atoms with Crippen molar-refractivity contribution in [1.82, 2.24) is 9.55 Å². The van der Waals surface area contributed by atoms with Gasteiger partial charge in [-0.25, -0.2) is 9.78 Å². The molecule has 0 radical (unpaired) electrons.